The molecule has 0 unspecified atom stereocenters. The van der Waals surface area contributed by atoms with Crippen LogP contribution in [-0.4, -0.2) is 23.2 Å². The van der Waals surface area contributed by atoms with Crippen molar-refractivity contribution in [2.45, 2.75) is 12.5 Å². The standard InChI is InChI=1S/C9H12N2O2.CH2O3.Co/c10-8(9(11)13)5-6-1-3-7(12)4-2-6;2-1(3)4;/h1-4,8,12H,5,10H2,(H2,11,13);(H2,2,3,4);/q;;+2/p-2/t8-;;/m0../s1. The van der Waals surface area contributed by atoms with Crippen LogP contribution in [0.3, 0.4) is 0 Å². The number of rotatable bonds is 3. The summed E-state index contributed by atoms with van der Waals surface area (Å²) in [7, 11) is 0. The van der Waals surface area contributed by atoms with Crippen LogP contribution in [0.1, 0.15) is 5.56 Å². The Bertz CT molecular complexity index is 378. The summed E-state index contributed by atoms with van der Waals surface area (Å²) in [6.07, 6.45) is -1.71. The van der Waals surface area contributed by atoms with Crippen LogP contribution in [0.5, 0.6) is 5.75 Å². The van der Waals surface area contributed by atoms with Crippen molar-refractivity contribution >= 4 is 12.1 Å². The zero-order valence-electron chi connectivity index (χ0n) is 9.16. The molecule has 0 aliphatic carbocycles. The Morgan fingerprint density at radius 1 is 1.28 bits per heavy atom. The molecule has 1 rings (SSSR count). The Kier molecular flexibility index (Phi) is 9.58. The van der Waals surface area contributed by atoms with Gasteiger partial charge in [0.05, 0.1) is 6.04 Å². The van der Waals surface area contributed by atoms with Crippen molar-refractivity contribution in [3.8, 4) is 5.75 Å². The maximum atomic E-state index is 10.7. The molecule has 1 aromatic carbocycles. The predicted molar refractivity (Wildman–Crippen MR) is 54.8 cm³/mol. The number of primary amides is 1. The van der Waals surface area contributed by atoms with Crippen molar-refractivity contribution in [2.24, 2.45) is 11.5 Å². The van der Waals surface area contributed by atoms with E-state index in [-0.39, 0.29) is 22.5 Å². The van der Waals surface area contributed by atoms with E-state index in [1.54, 1.807) is 12.1 Å². The van der Waals surface area contributed by atoms with Gasteiger partial charge in [-0.05, 0) is 12.0 Å². The molecule has 18 heavy (non-hydrogen) atoms. The van der Waals surface area contributed by atoms with Crippen LogP contribution in [0.25, 0.3) is 0 Å². The van der Waals surface area contributed by atoms with E-state index in [1.807, 2.05) is 0 Å². The molecule has 0 saturated heterocycles. The Morgan fingerprint density at radius 2 is 1.67 bits per heavy atom. The molecule has 0 aromatic heterocycles. The second kappa shape index (κ2) is 9.28. The maximum absolute atomic E-state index is 10.7. The van der Waals surface area contributed by atoms with E-state index in [1.165, 1.54) is 12.1 Å². The summed E-state index contributed by atoms with van der Waals surface area (Å²) >= 11 is 0. The Morgan fingerprint density at radius 3 is 2.00 bits per heavy atom. The van der Waals surface area contributed by atoms with Crippen molar-refractivity contribution in [1.29, 1.82) is 0 Å². The van der Waals surface area contributed by atoms with Gasteiger partial charge in [0.2, 0.25) is 12.1 Å². The molecular formula is C10H12CoN2O5. The van der Waals surface area contributed by atoms with Crippen LogP contribution in [0.4, 0.5) is 4.79 Å². The fraction of sp³-hybridized carbons (Fsp3) is 0.200. The molecule has 0 bridgehead atoms. The fourth-order valence-electron chi connectivity index (χ4n) is 0.980. The zero-order chi connectivity index (χ0) is 13.4. The van der Waals surface area contributed by atoms with E-state index >= 15 is 0 Å². The van der Waals surface area contributed by atoms with Crippen LogP contribution in [0.15, 0.2) is 24.3 Å². The van der Waals surface area contributed by atoms with Crippen molar-refractivity contribution < 1.29 is 41.7 Å². The Balaban J connectivity index is 0. The van der Waals surface area contributed by atoms with Gasteiger partial charge in [0.1, 0.15) is 0 Å². The molecule has 101 valence electrons. The van der Waals surface area contributed by atoms with Gasteiger partial charge in [-0.15, -0.1) is 5.75 Å². The average Bonchev–Trinajstić information content (AvgIpc) is 2.20. The van der Waals surface area contributed by atoms with Gasteiger partial charge in [-0.25, -0.2) is 0 Å². The number of carbonyl (C=O) groups excluding carboxylic acids is 1. The van der Waals surface area contributed by atoms with Gasteiger partial charge in [0.25, 0.3) is 0 Å². The molecule has 7 nitrogen and oxygen atoms in total. The van der Waals surface area contributed by atoms with E-state index < -0.39 is 18.1 Å². The first-order valence-electron chi connectivity index (χ1n) is 4.53. The molecule has 0 saturated carbocycles. The van der Waals surface area contributed by atoms with Crippen molar-refractivity contribution in [3.63, 3.8) is 0 Å². The molecule has 0 heterocycles. The van der Waals surface area contributed by atoms with Gasteiger partial charge >= 0.3 is 16.8 Å². The monoisotopic (exact) mass is 299 g/mol. The molecule has 1 aromatic rings. The van der Waals surface area contributed by atoms with E-state index in [2.05, 4.69) is 0 Å². The number of benzene rings is 1. The third-order valence-electron chi connectivity index (χ3n) is 1.74. The minimum Gasteiger partial charge on any atom is -0.872 e. The van der Waals surface area contributed by atoms with Crippen molar-refractivity contribution in [2.75, 3.05) is 0 Å². The number of hydrogen-bond donors (Lipinski definition) is 3. The average molecular weight is 299 g/mol. The minimum atomic E-state index is -2.08. The summed E-state index contributed by atoms with van der Waals surface area (Å²) < 4.78 is 0. The molecule has 5 N–H and O–H groups in total. The van der Waals surface area contributed by atoms with E-state index in [0.717, 1.165) is 5.56 Å². The first kappa shape index (κ1) is 18.6. The van der Waals surface area contributed by atoms with E-state index in [0.29, 0.717) is 6.42 Å². The fourth-order valence-corrected chi connectivity index (χ4v) is 0.980. The third-order valence-corrected chi connectivity index (χ3v) is 1.74. The van der Waals surface area contributed by atoms with Gasteiger partial charge < -0.3 is 31.6 Å². The largest absolute Gasteiger partial charge is 2.00 e. The minimum absolute atomic E-state index is 0. The Hall–Kier alpha value is -1.77. The summed E-state index contributed by atoms with van der Waals surface area (Å²) in [6, 6.07) is 5.47. The normalized spacial score (nSPS) is 10.3. The predicted octanol–water partition coefficient (Wildman–Crippen LogP) is -2.00. The molecular weight excluding hydrogens is 287 g/mol. The molecule has 8 heteroatoms. The quantitative estimate of drug-likeness (QED) is 0.586. The molecule has 0 spiro atoms. The van der Waals surface area contributed by atoms with Gasteiger partial charge in [-0.2, -0.15) is 0 Å². The SMILES string of the molecule is NC(=O)[C@@H](N)Cc1ccc([O-])cc1.O=C([O-])O.[Co+2]. The van der Waals surface area contributed by atoms with Crippen molar-refractivity contribution in [1.82, 2.24) is 0 Å². The summed E-state index contributed by atoms with van der Waals surface area (Å²) in [5.41, 5.74) is 11.3. The summed E-state index contributed by atoms with van der Waals surface area (Å²) in [5, 5.41) is 26.0. The van der Waals surface area contributed by atoms with Crippen LogP contribution in [0, 0.1) is 0 Å². The molecule has 1 amide bonds. The molecule has 0 aliphatic rings. The topological polar surface area (TPSA) is 153 Å². The molecule has 0 aliphatic heterocycles. The molecule has 1 atom stereocenters. The molecule has 1 radical (unpaired) electrons. The number of amides is 1. The molecule has 0 fully saturated rings. The van der Waals surface area contributed by atoms with Gasteiger partial charge in [0, 0.05) is 0 Å². The number of hydrogen-bond acceptors (Lipinski definition) is 5. The summed E-state index contributed by atoms with van der Waals surface area (Å²) in [5.74, 6) is -0.595. The van der Waals surface area contributed by atoms with E-state index in [9.17, 15) is 9.90 Å². The summed E-state index contributed by atoms with van der Waals surface area (Å²) in [4.78, 5) is 19.1. The van der Waals surface area contributed by atoms with Gasteiger partial charge in [0.15, 0.2) is 0 Å². The smallest absolute Gasteiger partial charge is 0.872 e. The third kappa shape index (κ3) is 9.45. The van der Waals surface area contributed by atoms with Gasteiger partial charge in [-0.1, -0.05) is 24.3 Å². The van der Waals surface area contributed by atoms with E-state index in [4.69, 9.17) is 26.5 Å². The van der Waals surface area contributed by atoms with Gasteiger partial charge in [-0.3, -0.25) is 4.79 Å². The van der Waals surface area contributed by atoms with Crippen molar-refractivity contribution in [3.05, 3.63) is 29.8 Å². The van der Waals surface area contributed by atoms with Crippen LogP contribution in [-0.2, 0) is 28.0 Å². The number of carboxylic acid groups (broad SMARTS) is 2. The first-order chi connectivity index (χ1) is 7.82. The number of carbonyl (C=O) groups is 2. The van der Waals surface area contributed by atoms with Crippen LogP contribution in [0.2, 0.25) is 0 Å². The Labute approximate surface area is 114 Å². The maximum Gasteiger partial charge on any atom is 2.00 e. The van der Waals surface area contributed by atoms with Crippen LogP contribution >= 0.6 is 0 Å². The first-order valence-corrected chi connectivity index (χ1v) is 4.53. The van der Waals surface area contributed by atoms with Crippen LogP contribution < -0.4 is 21.7 Å². The number of nitrogens with two attached hydrogens (primary N) is 2. The summed E-state index contributed by atoms with van der Waals surface area (Å²) in [6.45, 7) is 0. The second-order valence-electron chi connectivity index (χ2n) is 3.12. The second-order valence-corrected chi connectivity index (χ2v) is 3.12. The zero-order valence-corrected chi connectivity index (χ0v) is 10.2.